The summed E-state index contributed by atoms with van der Waals surface area (Å²) in [5.41, 5.74) is 4.03. The SMILES string of the molecule is Cc1cccc(NC(=O)c2cc(NCCc3ccc(F)cc3)ccn2)c1. The minimum atomic E-state index is -0.252. The van der Waals surface area contributed by atoms with Crippen molar-refractivity contribution in [3.63, 3.8) is 0 Å². The molecule has 0 radical (unpaired) electrons. The molecule has 0 aliphatic carbocycles. The second-order valence-corrected chi connectivity index (χ2v) is 6.06. The lowest BCUT2D eigenvalue weighted by Gasteiger charge is -2.09. The first-order valence-electron chi connectivity index (χ1n) is 8.42. The van der Waals surface area contributed by atoms with Crippen LogP contribution in [0.1, 0.15) is 21.6 Å². The second-order valence-electron chi connectivity index (χ2n) is 6.06. The van der Waals surface area contributed by atoms with Crippen molar-refractivity contribution in [3.8, 4) is 0 Å². The van der Waals surface area contributed by atoms with Crippen LogP contribution in [0.4, 0.5) is 15.8 Å². The molecule has 26 heavy (non-hydrogen) atoms. The number of carbonyl (C=O) groups is 1. The molecule has 0 saturated carbocycles. The van der Waals surface area contributed by atoms with E-state index in [0.717, 1.165) is 28.9 Å². The molecular weight excluding hydrogens is 329 g/mol. The smallest absolute Gasteiger partial charge is 0.274 e. The van der Waals surface area contributed by atoms with Gasteiger partial charge in [0, 0.05) is 24.1 Å². The van der Waals surface area contributed by atoms with Gasteiger partial charge in [-0.3, -0.25) is 9.78 Å². The highest BCUT2D eigenvalue weighted by atomic mass is 19.1. The van der Waals surface area contributed by atoms with Crippen LogP contribution >= 0.6 is 0 Å². The number of amides is 1. The lowest BCUT2D eigenvalue weighted by Crippen LogP contribution is -2.14. The molecule has 2 aromatic carbocycles. The summed E-state index contributed by atoms with van der Waals surface area (Å²) in [6, 6.07) is 17.6. The molecule has 0 aliphatic rings. The Bertz CT molecular complexity index is 894. The third-order valence-electron chi connectivity index (χ3n) is 3.92. The Kier molecular flexibility index (Phi) is 5.59. The van der Waals surface area contributed by atoms with Gasteiger partial charge in [-0.25, -0.2) is 4.39 Å². The van der Waals surface area contributed by atoms with E-state index in [-0.39, 0.29) is 11.7 Å². The Hall–Kier alpha value is -3.21. The number of nitrogens with one attached hydrogen (secondary N) is 2. The number of hydrogen-bond acceptors (Lipinski definition) is 3. The van der Waals surface area contributed by atoms with Gasteiger partial charge in [0.1, 0.15) is 11.5 Å². The molecule has 1 heterocycles. The van der Waals surface area contributed by atoms with Crippen molar-refractivity contribution in [1.29, 1.82) is 0 Å². The Labute approximate surface area is 152 Å². The molecule has 5 heteroatoms. The normalized spacial score (nSPS) is 10.4. The van der Waals surface area contributed by atoms with Crippen LogP contribution in [0.15, 0.2) is 66.9 Å². The molecule has 4 nitrogen and oxygen atoms in total. The summed E-state index contributed by atoms with van der Waals surface area (Å²) in [5.74, 6) is -0.488. The highest BCUT2D eigenvalue weighted by Crippen LogP contribution is 2.13. The minimum absolute atomic E-state index is 0.236. The van der Waals surface area contributed by atoms with Gasteiger partial charge in [0.15, 0.2) is 0 Å². The molecule has 0 spiro atoms. The average molecular weight is 349 g/mol. The van der Waals surface area contributed by atoms with Crippen molar-refractivity contribution >= 4 is 17.3 Å². The van der Waals surface area contributed by atoms with Crippen molar-refractivity contribution in [1.82, 2.24) is 4.98 Å². The van der Waals surface area contributed by atoms with E-state index >= 15 is 0 Å². The first kappa shape index (κ1) is 17.6. The first-order chi connectivity index (χ1) is 12.6. The molecule has 0 aliphatic heterocycles. The predicted octanol–water partition coefficient (Wildman–Crippen LogP) is 4.44. The van der Waals surface area contributed by atoms with E-state index in [1.807, 2.05) is 37.3 Å². The number of aryl methyl sites for hydroxylation is 1. The summed E-state index contributed by atoms with van der Waals surface area (Å²) in [6.45, 7) is 2.65. The second kappa shape index (κ2) is 8.25. The van der Waals surface area contributed by atoms with Gasteiger partial charge in [-0.05, 0) is 60.9 Å². The van der Waals surface area contributed by atoms with Gasteiger partial charge < -0.3 is 10.6 Å². The van der Waals surface area contributed by atoms with E-state index in [4.69, 9.17) is 0 Å². The number of pyridine rings is 1. The van der Waals surface area contributed by atoms with E-state index in [0.29, 0.717) is 12.2 Å². The van der Waals surface area contributed by atoms with Crippen molar-refractivity contribution in [3.05, 3.63) is 89.5 Å². The zero-order valence-electron chi connectivity index (χ0n) is 14.5. The van der Waals surface area contributed by atoms with Gasteiger partial charge in [-0.1, -0.05) is 24.3 Å². The summed E-state index contributed by atoms with van der Waals surface area (Å²) in [5, 5.41) is 6.11. The quantitative estimate of drug-likeness (QED) is 0.692. The Morgan fingerprint density at radius 1 is 1.04 bits per heavy atom. The van der Waals surface area contributed by atoms with Crippen molar-refractivity contribution in [2.24, 2.45) is 0 Å². The molecule has 132 valence electrons. The van der Waals surface area contributed by atoms with Crippen molar-refractivity contribution < 1.29 is 9.18 Å². The number of rotatable bonds is 6. The Morgan fingerprint density at radius 3 is 2.62 bits per heavy atom. The standard InChI is InChI=1S/C21H20FN3O/c1-15-3-2-4-19(13-15)25-21(26)20-14-18(10-12-24-20)23-11-9-16-5-7-17(22)8-6-16/h2-8,10,12-14H,9,11H2,1H3,(H,23,24)(H,25,26). The summed E-state index contributed by atoms with van der Waals surface area (Å²) >= 11 is 0. The van der Waals surface area contributed by atoms with E-state index in [1.165, 1.54) is 12.1 Å². The maximum atomic E-state index is 12.9. The zero-order valence-corrected chi connectivity index (χ0v) is 14.5. The molecule has 0 fully saturated rings. The lowest BCUT2D eigenvalue weighted by molar-refractivity contribution is 0.102. The Morgan fingerprint density at radius 2 is 1.85 bits per heavy atom. The van der Waals surface area contributed by atoms with E-state index in [2.05, 4.69) is 15.6 Å². The van der Waals surface area contributed by atoms with Crippen LogP contribution in [-0.2, 0) is 6.42 Å². The molecule has 1 aromatic heterocycles. The predicted molar refractivity (Wildman–Crippen MR) is 102 cm³/mol. The highest BCUT2D eigenvalue weighted by molar-refractivity contribution is 6.03. The fourth-order valence-electron chi connectivity index (χ4n) is 2.58. The van der Waals surface area contributed by atoms with Crippen molar-refractivity contribution in [2.45, 2.75) is 13.3 Å². The van der Waals surface area contributed by atoms with Gasteiger partial charge in [0.25, 0.3) is 5.91 Å². The summed E-state index contributed by atoms with van der Waals surface area (Å²) in [4.78, 5) is 16.5. The zero-order chi connectivity index (χ0) is 18.4. The van der Waals surface area contributed by atoms with Gasteiger partial charge in [0.05, 0.1) is 0 Å². The molecule has 3 aromatic rings. The van der Waals surface area contributed by atoms with Crippen LogP contribution in [0.5, 0.6) is 0 Å². The summed E-state index contributed by atoms with van der Waals surface area (Å²) in [7, 11) is 0. The molecule has 2 N–H and O–H groups in total. The molecule has 0 unspecified atom stereocenters. The topological polar surface area (TPSA) is 54.0 Å². The van der Waals surface area contributed by atoms with Gasteiger partial charge in [-0.2, -0.15) is 0 Å². The largest absolute Gasteiger partial charge is 0.385 e. The third-order valence-corrected chi connectivity index (χ3v) is 3.92. The van der Waals surface area contributed by atoms with E-state index in [1.54, 1.807) is 24.4 Å². The molecular formula is C21H20FN3O. The summed E-state index contributed by atoms with van der Waals surface area (Å²) < 4.78 is 12.9. The highest BCUT2D eigenvalue weighted by Gasteiger charge is 2.08. The fraction of sp³-hybridized carbons (Fsp3) is 0.143. The lowest BCUT2D eigenvalue weighted by atomic mass is 10.1. The van der Waals surface area contributed by atoms with E-state index in [9.17, 15) is 9.18 Å². The fourth-order valence-corrected chi connectivity index (χ4v) is 2.58. The minimum Gasteiger partial charge on any atom is -0.385 e. The summed E-state index contributed by atoms with van der Waals surface area (Å²) in [6.07, 6.45) is 2.36. The number of anilines is 2. The van der Waals surface area contributed by atoms with Gasteiger partial charge >= 0.3 is 0 Å². The maximum Gasteiger partial charge on any atom is 0.274 e. The molecule has 0 saturated heterocycles. The number of halogens is 1. The monoisotopic (exact) mass is 349 g/mol. The average Bonchev–Trinajstić information content (AvgIpc) is 2.64. The van der Waals surface area contributed by atoms with E-state index < -0.39 is 0 Å². The number of benzene rings is 2. The van der Waals surface area contributed by atoms with Gasteiger partial charge in [-0.15, -0.1) is 0 Å². The molecule has 0 atom stereocenters. The number of nitrogens with zero attached hydrogens (tertiary/aromatic N) is 1. The Balaban J connectivity index is 1.58. The van der Waals surface area contributed by atoms with Crippen LogP contribution < -0.4 is 10.6 Å². The maximum absolute atomic E-state index is 12.9. The molecule has 3 rings (SSSR count). The van der Waals surface area contributed by atoms with Crippen LogP contribution in [0.2, 0.25) is 0 Å². The molecule has 0 bridgehead atoms. The molecule has 1 amide bonds. The third kappa shape index (κ3) is 4.89. The number of carbonyl (C=O) groups excluding carboxylic acids is 1. The van der Waals surface area contributed by atoms with Crippen LogP contribution in [0, 0.1) is 12.7 Å². The van der Waals surface area contributed by atoms with Crippen LogP contribution in [0.3, 0.4) is 0 Å². The first-order valence-corrected chi connectivity index (χ1v) is 8.42. The number of aromatic nitrogens is 1. The van der Waals surface area contributed by atoms with Crippen LogP contribution in [0.25, 0.3) is 0 Å². The number of hydrogen-bond donors (Lipinski definition) is 2. The van der Waals surface area contributed by atoms with Crippen LogP contribution in [-0.4, -0.2) is 17.4 Å². The van der Waals surface area contributed by atoms with Crippen molar-refractivity contribution in [2.75, 3.05) is 17.2 Å². The van der Waals surface area contributed by atoms with Gasteiger partial charge in [0.2, 0.25) is 0 Å².